The van der Waals surface area contributed by atoms with Gasteiger partial charge in [0.2, 0.25) is 0 Å². The van der Waals surface area contributed by atoms with Crippen LogP contribution in [0.1, 0.15) is 17.0 Å². The van der Waals surface area contributed by atoms with Crippen molar-refractivity contribution < 1.29 is 9.15 Å². The fourth-order valence-corrected chi connectivity index (χ4v) is 8.21. The van der Waals surface area contributed by atoms with Crippen molar-refractivity contribution in [3.05, 3.63) is 193 Å². The molecule has 2 aliphatic rings. The highest BCUT2D eigenvalue weighted by Crippen LogP contribution is 2.49. The third-order valence-corrected chi connectivity index (χ3v) is 11.0. The Morgan fingerprint density at radius 2 is 0.962 bits per heavy atom. The molecule has 8 aromatic carbocycles. The zero-order valence-corrected chi connectivity index (χ0v) is 28.3. The summed E-state index contributed by atoms with van der Waals surface area (Å²) in [5, 5.41) is 7.22. The van der Waals surface area contributed by atoms with Gasteiger partial charge in [0.25, 0.3) is 0 Å². The van der Waals surface area contributed by atoms with Crippen LogP contribution < -0.4 is 4.74 Å². The van der Waals surface area contributed by atoms with Gasteiger partial charge in [-0.2, -0.15) is 0 Å². The van der Waals surface area contributed by atoms with Gasteiger partial charge in [-0.05, 0) is 102 Å². The van der Waals surface area contributed by atoms with E-state index in [0.717, 1.165) is 33.3 Å². The molecule has 0 saturated carbocycles. The first-order valence-corrected chi connectivity index (χ1v) is 18.0. The van der Waals surface area contributed by atoms with Crippen LogP contribution in [0.5, 0.6) is 5.75 Å². The summed E-state index contributed by atoms with van der Waals surface area (Å²) in [7, 11) is 0. The average molecular weight is 665 g/mol. The molecule has 11 rings (SSSR count). The Balaban J connectivity index is 0.883. The topological polar surface area (TPSA) is 22.4 Å². The first-order chi connectivity index (χ1) is 25.7. The molecular weight excluding hydrogens is 633 g/mol. The number of hydrogen-bond acceptors (Lipinski definition) is 2. The van der Waals surface area contributed by atoms with Gasteiger partial charge in [-0.1, -0.05) is 146 Å². The molecular formula is C50H32O2. The molecule has 1 aromatic heterocycles. The standard InChI is InChI=1S/C50H32O2/c1-3-7-37-27-39(19-17-31(37)5-1)33-9-13-35(14-10-33)41-21-25-47-45(29-41)43-23-24-44-46-30-42(22-26-48(46)52-50(44)49(43)51-47)36-15-11-34(12-16-36)40-20-18-32-6-2-4-8-38(32)28-40/h1-30,45,47H. The first-order valence-electron chi connectivity index (χ1n) is 18.0. The molecule has 244 valence electrons. The number of fused-ring (bicyclic) bond motifs is 9. The fourth-order valence-electron chi connectivity index (χ4n) is 8.21. The predicted octanol–water partition coefficient (Wildman–Crippen LogP) is 13.4. The van der Waals surface area contributed by atoms with E-state index >= 15 is 0 Å². The summed E-state index contributed by atoms with van der Waals surface area (Å²) in [6.07, 6.45) is 6.71. The maximum Gasteiger partial charge on any atom is 0.177 e. The summed E-state index contributed by atoms with van der Waals surface area (Å²) in [6.45, 7) is 0. The lowest BCUT2D eigenvalue weighted by Crippen LogP contribution is -2.16. The molecule has 2 nitrogen and oxygen atoms in total. The summed E-state index contributed by atoms with van der Waals surface area (Å²) in [5.74, 6) is 0.989. The van der Waals surface area contributed by atoms with Gasteiger partial charge in [0, 0.05) is 22.3 Å². The molecule has 52 heavy (non-hydrogen) atoms. The molecule has 1 aliphatic carbocycles. The Morgan fingerprint density at radius 1 is 0.423 bits per heavy atom. The molecule has 2 heterocycles. The van der Waals surface area contributed by atoms with E-state index in [1.807, 2.05) is 0 Å². The minimum absolute atomic E-state index is 0.0499. The van der Waals surface area contributed by atoms with Crippen LogP contribution in [-0.2, 0) is 0 Å². The zero-order chi connectivity index (χ0) is 34.2. The number of rotatable bonds is 4. The maximum atomic E-state index is 6.62. The van der Waals surface area contributed by atoms with E-state index in [-0.39, 0.29) is 12.0 Å². The largest absolute Gasteiger partial charge is 0.481 e. The van der Waals surface area contributed by atoms with E-state index in [1.165, 1.54) is 66.1 Å². The van der Waals surface area contributed by atoms with Crippen LogP contribution in [-0.4, -0.2) is 6.10 Å². The molecule has 0 saturated heterocycles. The fraction of sp³-hybridized carbons (Fsp3) is 0.0400. The number of benzene rings is 8. The number of ether oxygens (including phenoxy) is 1. The average Bonchev–Trinajstić information content (AvgIpc) is 3.78. The summed E-state index contributed by atoms with van der Waals surface area (Å²) in [4.78, 5) is 0. The SMILES string of the molecule is C1=CC2Oc3c(ccc4c3oc3ccc(-c5ccc(-c6ccc7ccccc7c6)cc5)cc34)C2C=C1c1ccc(-c2ccc3ccccc3c2)cc1. The van der Waals surface area contributed by atoms with Crippen LogP contribution >= 0.6 is 0 Å². The molecule has 0 fully saturated rings. The van der Waals surface area contributed by atoms with Crippen molar-refractivity contribution in [1.82, 2.24) is 0 Å². The Kier molecular flexibility index (Phi) is 6.41. The van der Waals surface area contributed by atoms with Crippen molar-refractivity contribution >= 4 is 49.1 Å². The van der Waals surface area contributed by atoms with Crippen LogP contribution in [0.2, 0.25) is 0 Å². The Hall–Kier alpha value is -6.64. The van der Waals surface area contributed by atoms with Crippen LogP contribution in [0.4, 0.5) is 0 Å². The summed E-state index contributed by atoms with van der Waals surface area (Å²) in [6, 6.07) is 59.1. The minimum atomic E-state index is -0.0499. The van der Waals surface area contributed by atoms with Gasteiger partial charge in [-0.3, -0.25) is 0 Å². The lowest BCUT2D eigenvalue weighted by atomic mass is 9.86. The molecule has 0 amide bonds. The van der Waals surface area contributed by atoms with Crippen molar-refractivity contribution in [3.8, 4) is 39.1 Å². The van der Waals surface area contributed by atoms with Crippen molar-refractivity contribution in [3.63, 3.8) is 0 Å². The van der Waals surface area contributed by atoms with Gasteiger partial charge < -0.3 is 9.15 Å². The van der Waals surface area contributed by atoms with Crippen molar-refractivity contribution in [2.75, 3.05) is 0 Å². The summed E-state index contributed by atoms with van der Waals surface area (Å²) >= 11 is 0. The van der Waals surface area contributed by atoms with Gasteiger partial charge in [-0.15, -0.1) is 0 Å². The molecule has 0 N–H and O–H groups in total. The van der Waals surface area contributed by atoms with Gasteiger partial charge >= 0.3 is 0 Å². The molecule has 1 aliphatic heterocycles. The molecule has 2 heteroatoms. The monoisotopic (exact) mass is 664 g/mol. The summed E-state index contributed by atoms with van der Waals surface area (Å²) < 4.78 is 13.1. The van der Waals surface area contributed by atoms with E-state index in [1.54, 1.807) is 0 Å². The number of hydrogen-bond donors (Lipinski definition) is 0. The second kappa shape index (κ2) is 11.4. The first kappa shape index (κ1) is 29.1. The molecule has 0 spiro atoms. The third kappa shape index (κ3) is 4.72. The van der Waals surface area contributed by atoms with Crippen molar-refractivity contribution in [2.45, 2.75) is 12.0 Å². The van der Waals surface area contributed by atoms with Gasteiger partial charge in [-0.25, -0.2) is 0 Å². The summed E-state index contributed by atoms with van der Waals surface area (Å²) in [5.41, 5.74) is 12.5. The maximum absolute atomic E-state index is 6.62. The highest BCUT2D eigenvalue weighted by atomic mass is 16.5. The second-order valence-corrected chi connectivity index (χ2v) is 14.0. The van der Waals surface area contributed by atoms with E-state index in [4.69, 9.17) is 9.15 Å². The lowest BCUT2D eigenvalue weighted by Gasteiger charge is -2.18. The van der Waals surface area contributed by atoms with E-state index in [0.29, 0.717) is 0 Å². The van der Waals surface area contributed by atoms with Crippen LogP contribution in [0, 0.1) is 0 Å². The van der Waals surface area contributed by atoms with Crippen molar-refractivity contribution in [2.24, 2.45) is 0 Å². The van der Waals surface area contributed by atoms with Crippen LogP contribution in [0.15, 0.2) is 186 Å². The Bertz CT molecular complexity index is 2920. The smallest absolute Gasteiger partial charge is 0.177 e. The normalized spacial score (nSPS) is 16.3. The molecule has 0 bridgehead atoms. The van der Waals surface area contributed by atoms with Crippen LogP contribution in [0.3, 0.4) is 0 Å². The van der Waals surface area contributed by atoms with E-state index < -0.39 is 0 Å². The van der Waals surface area contributed by atoms with Gasteiger partial charge in [0.15, 0.2) is 11.3 Å². The van der Waals surface area contributed by atoms with E-state index in [9.17, 15) is 0 Å². The minimum Gasteiger partial charge on any atom is -0.481 e. The highest BCUT2D eigenvalue weighted by molar-refractivity contribution is 6.09. The van der Waals surface area contributed by atoms with Gasteiger partial charge in [0.1, 0.15) is 11.7 Å². The lowest BCUT2D eigenvalue weighted by molar-refractivity contribution is 0.269. The quantitative estimate of drug-likeness (QED) is 0.187. The Labute approximate surface area is 301 Å². The predicted molar refractivity (Wildman–Crippen MR) is 216 cm³/mol. The van der Waals surface area contributed by atoms with Gasteiger partial charge in [0.05, 0.1) is 0 Å². The number of furan rings is 1. The molecule has 0 radical (unpaired) electrons. The van der Waals surface area contributed by atoms with Crippen LogP contribution in [0.25, 0.3) is 82.4 Å². The zero-order valence-electron chi connectivity index (χ0n) is 28.3. The highest BCUT2D eigenvalue weighted by Gasteiger charge is 2.36. The third-order valence-electron chi connectivity index (χ3n) is 11.0. The van der Waals surface area contributed by atoms with Crippen molar-refractivity contribution in [1.29, 1.82) is 0 Å². The molecule has 9 aromatic rings. The molecule has 2 atom stereocenters. The molecule has 2 unspecified atom stereocenters. The Morgan fingerprint density at radius 3 is 1.60 bits per heavy atom. The van der Waals surface area contributed by atoms with E-state index in [2.05, 4.69) is 182 Å². The number of allylic oxidation sites excluding steroid dienone is 2. The second-order valence-electron chi connectivity index (χ2n) is 14.0.